The van der Waals surface area contributed by atoms with E-state index in [0.717, 1.165) is 17.0 Å². The van der Waals surface area contributed by atoms with Crippen molar-refractivity contribution in [2.45, 2.75) is 20.4 Å². The van der Waals surface area contributed by atoms with E-state index in [2.05, 4.69) is 20.5 Å². The van der Waals surface area contributed by atoms with Crippen LogP contribution in [0.25, 0.3) is 5.95 Å². The van der Waals surface area contributed by atoms with Gasteiger partial charge in [0.2, 0.25) is 5.95 Å². The lowest BCUT2D eigenvalue weighted by molar-refractivity contribution is 0.0940. The molecule has 0 spiro atoms. The number of amides is 1. The average molecular weight is 380 g/mol. The van der Waals surface area contributed by atoms with Crippen molar-refractivity contribution in [3.05, 3.63) is 64.7 Å². The largest absolute Gasteiger partial charge is 0.355 e. The Balaban J connectivity index is 1.68. The van der Waals surface area contributed by atoms with Gasteiger partial charge in [0.1, 0.15) is 6.33 Å². The van der Waals surface area contributed by atoms with Crippen LogP contribution in [0, 0.1) is 13.8 Å². The number of aryl methyl sites for hydroxylation is 1. The van der Waals surface area contributed by atoms with Crippen molar-refractivity contribution in [1.82, 2.24) is 30.0 Å². The molecule has 1 aromatic carbocycles. The van der Waals surface area contributed by atoms with Crippen LogP contribution in [0.15, 0.2) is 36.7 Å². The van der Waals surface area contributed by atoms with Gasteiger partial charge in [0, 0.05) is 36.1 Å². The number of nitrogens with one attached hydrogen (secondary N) is 2. The van der Waals surface area contributed by atoms with Crippen LogP contribution < -0.4 is 5.32 Å². The van der Waals surface area contributed by atoms with Crippen molar-refractivity contribution in [3.63, 3.8) is 0 Å². The summed E-state index contributed by atoms with van der Waals surface area (Å²) in [6.45, 7) is 4.74. The second-order valence-corrected chi connectivity index (χ2v) is 6.80. The minimum Gasteiger partial charge on any atom is -0.355 e. The molecule has 0 aliphatic carbocycles. The molecule has 146 valence electrons. The monoisotopic (exact) mass is 380 g/mol. The Bertz CT molecular complexity index is 973. The zero-order chi connectivity index (χ0) is 20.3. The van der Waals surface area contributed by atoms with Gasteiger partial charge in [0.15, 0.2) is 5.78 Å². The fourth-order valence-corrected chi connectivity index (χ4v) is 3.28. The van der Waals surface area contributed by atoms with Crippen molar-refractivity contribution in [2.24, 2.45) is 0 Å². The lowest BCUT2D eigenvalue weighted by Crippen LogP contribution is -2.26. The van der Waals surface area contributed by atoms with E-state index < -0.39 is 0 Å². The molecule has 28 heavy (non-hydrogen) atoms. The molecule has 3 aromatic rings. The van der Waals surface area contributed by atoms with Crippen LogP contribution in [-0.2, 0) is 6.54 Å². The number of carbonyl (C=O) groups excluding carboxylic acids is 2. The highest BCUT2D eigenvalue weighted by atomic mass is 16.1. The zero-order valence-corrected chi connectivity index (χ0v) is 16.5. The first kappa shape index (κ1) is 19.5. The molecular formula is C20H24N6O2. The molecule has 1 amide bonds. The summed E-state index contributed by atoms with van der Waals surface area (Å²) in [7, 11) is 3.51. The summed E-state index contributed by atoms with van der Waals surface area (Å²) in [5.74, 6) is 0.527. The second-order valence-electron chi connectivity index (χ2n) is 6.80. The number of aromatic amines is 1. The maximum Gasteiger partial charge on any atom is 0.251 e. The number of H-pyrrole nitrogens is 1. The standard InChI is InChI=1S/C20H24N6O2/c1-13-9-17(14(2)26(13)20-22-12-23-24-20)18(27)11-25(4)10-15-5-7-16(8-6-15)19(28)21-3/h5-9,12H,10-11H2,1-4H3,(H,21,28)(H,22,23,24). The molecule has 0 aliphatic rings. The molecule has 0 aliphatic heterocycles. The number of rotatable bonds is 7. The number of aromatic nitrogens is 4. The third kappa shape index (κ3) is 4.01. The molecule has 2 N–H and O–H groups in total. The highest BCUT2D eigenvalue weighted by Crippen LogP contribution is 2.19. The topological polar surface area (TPSA) is 95.9 Å². The van der Waals surface area contributed by atoms with Crippen LogP contribution in [0.5, 0.6) is 0 Å². The van der Waals surface area contributed by atoms with Gasteiger partial charge in [0.25, 0.3) is 5.91 Å². The molecule has 0 atom stereocenters. The van der Waals surface area contributed by atoms with E-state index in [1.807, 2.05) is 48.6 Å². The van der Waals surface area contributed by atoms with E-state index in [0.29, 0.717) is 23.6 Å². The summed E-state index contributed by atoms with van der Waals surface area (Å²) < 4.78 is 1.89. The molecule has 0 saturated carbocycles. The number of likely N-dealkylation sites (N-methyl/N-ethyl adjacent to an activating group) is 1. The van der Waals surface area contributed by atoms with E-state index in [1.165, 1.54) is 6.33 Å². The summed E-state index contributed by atoms with van der Waals surface area (Å²) in [5, 5.41) is 9.31. The van der Waals surface area contributed by atoms with Crippen LogP contribution in [0.2, 0.25) is 0 Å². The van der Waals surface area contributed by atoms with Crippen LogP contribution in [0.1, 0.15) is 37.7 Å². The summed E-state index contributed by atoms with van der Waals surface area (Å²) in [5.41, 5.74) is 4.09. The first-order valence-corrected chi connectivity index (χ1v) is 8.98. The Labute approximate surface area is 163 Å². The minimum absolute atomic E-state index is 0.0448. The second kappa shape index (κ2) is 8.18. The lowest BCUT2D eigenvalue weighted by atomic mass is 10.1. The van der Waals surface area contributed by atoms with E-state index in [9.17, 15) is 9.59 Å². The summed E-state index contributed by atoms with van der Waals surface area (Å²) >= 11 is 0. The Morgan fingerprint density at radius 3 is 2.54 bits per heavy atom. The normalized spacial score (nSPS) is 11.0. The summed E-state index contributed by atoms with van der Waals surface area (Å²) in [4.78, 5) is 30.6. The van der Waals surface area contributed by atoms with Gasteiger partial charge in [-0.25, -0.2) is 5.10 Å². The fraction of sp³-hybridized carbons (Fsp3) is 0.300. The zero-order valence-electron chi connectivity index (χ0n) is 16.5. The van der Waals surface area contributed by atoms with E-state index in [1.54, 1.807) is 19.2 Å². The number of benzene rings is 1. The van der Waals surface area contributed by atoms with Crippen molar-refractivity contribution in [3.8, 4) is 5.95 Å². The lowest BCUT2D eigenvalue weighted by Gasteiger charge is -2.16. The fourth-order valence-electron chi connectivity index (χ4n) is 3.28. The minimum atomic E-state index is -0.114. The van der Waals surface area contributed by atoms with Gasteiger partial charge in [0.05, 0.1) is 6.54 Å². The third-order valence-corrected chi connectivity index (χ3v) is 4.65. The van der Waals surface area contributed by atoms with Gasteiger partial charge in [-0.2, -0.15) is 10.1 Å². The summed E-state index contributed by atoms with van der Waals surface area (Å²) in [6, 6.07) is 9.26. The first-order valence-electron chi connectivity index (χ1n) is 8.98. The van der Waals surface area contributed by atoms with E-state index >= 15 is 0 Å². The highest BCUT2D eigenvalue weighted by Gasteiger charge is 2.19. The molecule has 0 saturated heterocycles. The first-order chi connectivity index (χ1) is 13.4. The molecule has 0 radical (unpaired) electrons. The van der Waals surface area contributed by atoms with Crippen molar-refractivity contribution in [2.75, 3.05) is 20.6 Å². The van der Waals surface area contributed by atoms with Gasteiger partial charge in [-0.1, -0.05) is 12.1 Å². The SMILES string of the molecule is CNC(=O)c1ccc(CN(C)CC(=O)c2cc(C)n(-c3ncn[nH]3)c2C)cc1. The van der Waals surface area contributed by atoms with Crippen molar-refractivity contribution >= 4 is 11.7 Å². The maximum absolute atomic E-state index is 12.8. The number of ketones is 1. The quantitative estimate of drug-likeness (QED) is 0.610. The van der Waals surface area contributed by atoms with Gasteiger partial charge in [-0.05, 0) is 44.7 Å². The molecule has 0 unspecified atom stereocenters. The van der Waals surface area contributed by atoms with Crippen LogP contribution in [0.3, 0.4) is 0 Å². The van der Waals surface area contributed by atoms with Gasteiger partial charge in [-0.15, -0.1) is 0 Å². The molecule has 3 rings (SSSR count). The highest BCUT2D eigenvalue weighted by molar-refractivity contribution is 5.99. The Kier molecular flexibility index (Phi) is 5.70. The Hall–Kier alpha value is -3.26. The number of Topliss-reactive ketones (excluding diaryl/α,β-unsaturated/α-hetero) is 1. The van der Waals surface area contributed by atoms with Gasteiger partial charge in [-0.3, -0.25) is 19.1 Å². The Morgan fingerprint density at radius 1 is 1.21 bits per heavy atom. The molecule has 8 heteroatoms. The third-order valence-electron chi connectivity index (χ3n) is 4.65. The molecule has 2 heterocycles. The Morgan fingerprint density at radius 2 is 1.93 bits per heavy atom. The molecule has 8 nitrogen and oxygen atoms in total. The predicted molar refractivity (Wildman–Crippen MR) is 106 cm³/mol. The molecule has 0 bridgehead atoms. The number of hydrogen-bond acceptors (Lipinski definition) is 5. The number of nitrogens with zero attached hydrogens (tertiary/aromatic N) is 4. The van der Waals surface area contributed by atoms with Crippen LogP contribution >= 0.6 is 0 Å². The molecule has 0 fully saturated rings. The molecular weight excluding hydrogens is 356 g/mol. The van der Waals surface area contributed by atoms with Gasteiger partial charge >= 0.3 is 0 Å². The average Bonchev–Trinajstić information content (AvgIpc) is 3.29. The van der Waals surface area contributed by atoms with Crippen LogP contribution in [0.4, 0.5) is 0 Å². The maximum atomic E-state index is 12.8. The van der Waals surface area contributed by atoms with E-state index in [4.69, 9.17) is 0 Å². The number of hydrogen-bond donors (Lipinski definition) is 2. The smallest absolute Gasteiger partial charge is 0.251 e. The summed E-state index contributed by atoms with van der Waals surface area (Å²) in [6.07, 6.45) is 1.44. The predicted octanol–water partition coefficient (Wildman–Crippen LogP) is 1.89. The molecule has 2 aromatic heterocycles. The van der Waals surface area contributed by atoms with Crippen LogP contribution in [-0.4, -0.2) is 57.0 Å². The van der Waals surface area contributed by atoms with Crippen molar-refractivity contribution in [1.29, 1.82) is 0 Å². The van der Waals surface area contributed by atoms with Crippen molar-refractivity contribution < 1.29 is 9.59 Å². The van der Waals surface area contributed by atoms with Gasteiger partial charge < -0.3 is 5.32 Å². The van der Waals surface area contributed by atoms with E-state index in [-0.39, 0.29) is 18.2 Å². The number of carbonyl (C=O) groups is 2.